The summed E-state index contributed by atoms with van der Waals surface area (Å²) in [6.07, 6.45) is 3.01. The van der Waals surface area contributed by atoms with Gasteiger partial charge in [-0.05, 0) is 42.0 Å². The topological polar surface area (TPSA) is 72.8 Å². The second-order valence-corrected chi connectivity index (χ2v) is 5.73. The average molecular weight is 381 g/mol. The molecule has 0 fully saturated rings. The van der Waals surface area contributed by atoms with Crippen molar-refractivity contribution in [3.8, 4) is 11.5 Å². The first-order chi connectivity index (χ1) is 11.9. The first-order valence-electron chi connectivity index (χ1n) is 7.11. The van der Waals surface area contributed by atoms with E-state index in [1.165, 1.54) is 31.4 Å². The van der Waals surface area contributed by atoms with E-state index < -0.39 is 12.6 Å². The Balaban J connectivity index is 2.16. The predicted octanol–water partition coefficient (Wildman–Crippen LogP) is 4.36. The first kappa shape index (κ1) is 18.8. The zero-order valence-electron chi connectivity index (χ0n) is 13.2. The van der Waals surface area contributed by atoms with E-state index in [-0.39, 0.29) is 17.3 Å². The third kappa shape index (κ3) is 5.24. The molecular formula is C18H14Cl2O5. The van der Waals surface area contributed by atoms with E-state index in [9.17, 15) is 9.59 Å². The lowest BCUT2D eigenvalue weighted by molar-refractivity contribution is -0.139. The van der Waals surface area contributed by atoms with Gasteiger partial charge in [-0.25, -0.2) is 4.79 Å². The van der Waals surface area contributed by atoms with Gasteiger partial charge in [-0.1, -0.05) is 35.3 Å². The van der Waals surface area contributed by atoms with E-state index in [2.05, 4.69) is 0 Å². The summed E-state index contributed by atoms with van der Waals surface area (Å²) in [5, 5.41) is 9.49. The minimum Gasteiger partial charge on any atom is -0.493 e. The molecule has 0 aliphatic rings. The number of carbonyl (C=O) groups is 2. The van der Waals surface area contributed by atoms with Crippen LogP contribution >= 0.6 is 23.2 Å². The highest BCUT2D eigenvalue weighted by atomic mass is 35.5. The molecular weight excluding hydrogens is 367 g/mol. The van der Waals surface area contributed by atoms with Crippen molar-refractivity contribution in [3.05, 3.63) is 63.6 Å². The van der Waals surface area contributed by atoms with Crippen LogP contribution in [0.4, 0.5) is 0 Å². The Morgan fingerprint density at radius 3 is 2.48 bits per heavy atom. The van der Waals surface area contributed by atoms with Crippen LogP contribution in [0.3, 0.4) is 0 Å². The van der Waals surface area contributed by atoms with Crippen molar-refractivity contribution >= 4 is 41.0 Å². The molecule has 0 atom stereocenters. The number of halogens is 2. The van der Waals surface area contributed by atoms with Gasteiger partial charge in [-0.15, -0.1) is 0 Å². The number of aliphatic carboxylic acids is 1. The Hall–Kier alpha value is -2.50. The highest BCUT2D eigenvalue weighted by Gasteiger charge is 2.11. The number of carboxylic acids is 1. The molecule has 0 aromatic heterocycles. The van der Waals surface area contributed by atoms with E-state index >= 15 is 0 Å². The molecule has 2 aromatic carbocycles. The highest BCUT2D eigenvalue weighted by molar-refractivity contribution is 6.42. The number of hydrogen-bond donors (Lipinski definition) is 1. The van der Waals surface area contributed by atoms with Crippen LogP contribution in [-0.2, 0) is 4.79 Å². The largest absolute Gasteiger partial charge is 0.493 e. The molecule has 130 valence electrons. The van der Waals surface area contributed by atoms with Gasteiger partial charge in [0, 0.05) is 5.56 Å². The molecule has 0 amide bonds. The first-order valence-corrected chi connectivity index (χ1v) is 7.86. The lowest BCUT2D eigenvalue weighted by atomic mass is 10.1. The quantitative estimate of drug-likeness (QED) is 0.570. The van der Waals surface area contributed by atoms with Gasteiger partial charge in [0.2, 0.25) is 0 Å². The maximum absolute atomic E-state index is 12.3. The van der Waals surface area contributed by atoms with Crippen LogP contribution in [0.5, 0.6) is 11.5 Å². The van der Waals surface area contributed by atoms with Gasteiger partial charge in [0.15, 0.2) is 23.9 Å². The summed E-state index contributed by atoms with van der Waals surface area (Å²) in [7, 11) is 1.41. The fourth-order valence-electron chi connectivity index (χ4n) is 1.96. The molecule has 0 saturated heterocycles. The standard InChI is InChI=1S/C18H14Cl2O5/c1-24-17-9-12(4-7-16(17)25-10-18(22)23)15(21)6-3-11-2-5-13(19)14(20)8-11/h2-9H,10H2,1H3,(H,22,23)/b6-3+. The summed E-state index contributed by atoms with van der Waals surface area (Å²) in [4.78, 5) is 22.8. The number of methoxy groups -OCH3 is 1. The molecule has 0 heterocycles. The van der Waals surface area contributed by atoms with Gasteiger partial charge < -0.3 is 14.6 Å². The molecule has 0 aliphatic heterocycles. The summed E-state index contributed by atoms with van der Waals surface area (Å²) >= 11 is 11.8. The average Bonchev–Trinajstić information content (AvgIpc) is 2.60. The van der Waals surface area contributed by atoms with Crippen LogP contribution in [0.1, 0.15) is 15.9 Å². The maximum Gasteiger partial charge on any atom is 0.341 e. The number of carbonyl (C=O) groups excluding carboxylic acids is 1. The number of allylic oxidation sites excluding steroid dienone is 1. The molecule has 0 saturated carbocycles. The van der Waals surface area contributed by atoms with Gasteiger partial charge in [0.1, 0.15) is 0 Å². The van der Waals surface area contributed by atoms with Crippen molar-refractivity contribution < 1.29 is 24.2 Å². The van der Waals surface area contributed by atoms with Crippen LogP contribution < -0.4 is 9.47 Å². The molecule has 0 radical (unpaired) electrons. The molecule has 7 heteroatoms. The number of rotatable bonds is 7. The normalized spacial score (nSPS) is 10.7. The van der Waals surface area contributed by atoms with Gasteiger partial charge in [0.05, 0.1) is 17.2 Å². The number of hydrogen-bond acceptors (Lipinski definition) is 4. The molecule has 1 N–H and O–H groups in total. The Morgan fingerprint density at radius 1 is 1.08 bits per heavy atom. The smallest absolute Gasteiger partial charge is 0.341 e. The second kappa shape index (κ2) is 8.55. The Labute approximate surface area is 154 Å². The van der Waals surface area contributed by atoms with E-state index in [0.29, 0.717) is 15.6 Å². The van der Waals surface area contributed by atoms with Crippen molar-refractivity contribution in [3.63, 3.8) is 0 Å². The lowest BCUT2D eigenvalue weighted by Gasteiger charge is -2.09. The summed E-state index contributed by atoms with van der Waals surface area (Å²) in [5.41, 5.74) is 1.10. The summed E-state index contributed by atoms with van der Waals surface area (Å²) in [6.45, 7) is -0.499. The lowest BCUT2D eigenvalue weighted by Crippen LogP contribution is -2.10. The van der Waals surface area contributed by atoms with Crippen molar-refractivity contribution in [1.29, 1.82) is 0 Å². The number of ether oxygens (including phenoxy) is 2. The molecule has 0 spiro atoms. The molecule has 2 rings (SSSR count). The van der Waals surface area contributed by atoms with Gasteiger partial charge in [-0.2, -0.15) is 0 Å². The van der Waals surface area contributed by atoms with Crippen molar-refractivity contribution in [2.75, 3.05) is 13.7 Å². The summed E-state index contributed by atoms with van der Waals surface area (Å²) in [6, 6.07) is 9.53. The van der Waals surface area contributed by atoms with Gasteiger partial charge in [0.25, 0.3) is 0 Å². The highest BCUT2D eigenvalue weighted by Crippen LogP contribution is 2.28. The zero-order chi connectivity index (χ0) is 18.4. The van der Waals surface area contributed by atoms with Crippen LogP contribution in [0, 0.1) is 0 Å². The van der Waals surface area contributed by atoms with Gasteiger partial charge >= 0.3 is 5.97 Å². The minimum absolute atomic E-state index is 0.245. The van der Waals surface area contributed by atoms with Crippen LogP contribution in [0.25, 0.3) is 6.08 Å². The Bertz CT molecular complexity index is 830. The Kier molecular flexibility index (Phi) is 6.44. The molecule has 25 heavy (non-hydrogen) atoms. The SMILES string of the molecule is COc1cc(C(=O)/C=C/c2ccc(Cl)c(Cl)c2)ccc1OCC(=O)O. The van der Waals surface area contributed by atoms with Crippen LogP contribution in [0.2, 0.25) is 10.0 Å². The van der Waals surface area contributed by atoms with Crippen molar-refractivity contribution in [1.82, 2.24) is 0 Å². The molecule has 2 aromatic rings. The van der Waals surface area contributed by atoms with E-state index in [1.54, 1.807) is 24.3 Å². The van der Waals surface area contributed by atoms with Crippen LogP contribution in [0.15, 0.2) is 42.5 Å². The zero-order valence-corrected chi connectivity index (χ0v) is 14.7. The number of benzene rings is 2. The monoisotopic (exact) mass is 380 g/mol. The van der Waals surface area contributed by atoms with Crippen LogP contribution in [-0.4, -0.2) is 30.6 Å². The molecule has 0 aliphatic carbocycles. The summed E-state index contributed by atoms with van der Waals surface area (Å²) in [5.74, 6) is -0.842. The second-order valence-electron chi connectivity index (χ2n) is 4.92. The Morgan fingerprint density at radius 2 is 1.84 bits per heavy atom. The number of ketones is 1. The third-order valence-corrected chi connectivity index (χ3v) is 3.91. The molecule has 0 bridgehead atoms. The van der Waals surface area contributed by atoms with Crippen molar-refractivity contribution in [2.24, 2.45) is 0 Å². The third-order valence-electron chi connectivity index (χ3n) is 3.17. The fourth-order valence-corrected chi connectivity index (χ4v) is 2.27. The van der Waals surface area contributed by atoms with Gasteiger partial charge in [-0.3, -0.25) is 4.79 Å². The maximum atomic E-state index is 12.3. The van der Waals surface area contributed by atoms with E-state index in [4.69, 9.17) is 37.8 Å². The molecule has 5 nitrogen and oxygen atoms in total. The van der Waals surface area contributed by atoms with Crippen molar-refractivity contribution in [2.45, 2.75) is 0 Å². The van der Waals surface area contributed by atoms with E-state index in [1.807, 2.05) is 0 Å². The number of carboxylic acid groups (broad SMARTS) is 1. The summed E-state index contributed by atoms with van der Waals surface area (Å²) < 4.78 is 10.2. The van der Waals surface area contributed by atoms with E-state index in [0.717, 1.165) is 5.56 Å². The minimum atomic E-state index is -1.10. The molecule has 0 unspecified atom stereocenters. The predicted molar refractivity (Wildman–Crippen MR) is 96.0 cm³/mol. The fraction of sp³-hybridized carbons (Fsp3) is 0.111.